The summed E-state index contributed by atoms with van der Waals surface area (Å²) in [5.74, 6) is 1.39. The predicted octanol–water partition coefficient (Wildman–Crippen LogP) is 4.51. The summed E-state index contributed by atoms with van der Waals surface area (Å²) in [4.78, 5) is 34.3. The van der Waals surface area contributed by atoms with Crippen molar-refractivity contribution in [3.05, 3.63) is 84.2 Å². The third kappa shape index (κ3) is 4.94. The lowest BCUT2D eigenvalue weighted by Crippen LogP contribution is -2.39. The number of carbonyl (C=O) groups is 1. The Balaban J connectivity index is 1.60. The number of piperidine rings is 1. The van der Waals surface area contributed by atoms with E-state index in [-0.39, 0.29) is 12.2 Å². The Morgan fingerprint density at radius 2 is 1.89 bits per heavy atom. The Bertz CT molecular complexity index is 1500. The molecule has 194 valence electrons. The number of fused-ring (bicyclic) bond motifs is 1. The molecule has 2 aliphatic rings. The van der Waals surface area contributed by atoms with Gasteiger partial charge in [-0.2, -0.15) is 0 Å². The fraction of sp³-hybridized carbons (Fsp3) is 0.414. The number of aromatic nitrogens is 1. The first kappa shape index (κ1) is 25.3. The summed E-state index contributed by atoms with van der Waals surface area (Å²) in [5, 5.41) is 0. The molecule has 7 nitrogen and oxygen atoms in total. The average Bonchev–Trinajstić information content (AvgIpc) is 3.48. The first-order valence-electron chi connectivity index (χ1n) is 13.0. The Morgan fingerprint density at radius 1 is 1.16 bits per heavy atom. The van der Waals surface area contributed by atoms with E-state index in [0.29, 0.717) is 32.3 Å². The minimum atomic E-state index is -0.612. The van der Waals surface area contributed by atoms with Crippen LogP contribution < -0.4 is 19.8 Å². The lowest BCUT2D eigenvalue weighted by atomic mass is 9.93. The number of allylic oxidation sites excluding steroid dienone is 1. The number of nitrogens with zero attached hydrogens (tertiary/aromatic N) is 3. The fourth-order valence-corrected chi connectivity index (χ4v) is 6.03. The number of hydrogen-bond donors (Lipinski definition) is 0. The van der Waals surface area contributed by atoms with Crippen LogP contribution in [-0.4, -0.2) is 30.2 Å². The van der Waals surface area contributed by atoms with Crippen LogP contribution in [0.5, 0.6) is 0 Å². The molecule has 0 N–H and O–H groups in total. The summed E-state index contributed by atoms with van der Waals surface area (Å²) in [6, 6.07) is 11.4. The van der Waals surface area contributed by atoms with Gasteiger partial charge in [0.1, 0.15) is 5.76 Å². The zero-order valence-corrected chi connectivity index (χ0v) is 22.6. The van der Waals surface area contributed by atoms with Crippen LogP contribution in [0.15, 0.2) is 61.9 Å². The first-order chi connectivity index (χ1) is 17.9. The molecule has 3 aromatic rings. The normalized spacial score (nSPS) is 18.2. The zero-order chi connectivity index (χ0) is 26.1. The van der Waals surface area contributed by atoms with Gasteiger partial charge in [0.05, 0.1) is 28.5 Å². The maximum atomic E-state index is 13.8. The summed E-state index contributed by atoms with van der Waals surface area (Å²) in [6.07, 6.45) is 5.35. The number of ether oxygens (including phenoxy) is 1. The van der Waals surface area contributed by atoms with Crippen molar-refractivity contribution < 1.29 is 13.9 Å². The van der Waals surface area contributed by atoms with Crippen LogP contribution in [0.25, 0.3) is 6.08 Å². The Hall–Kier alpha value is -3.39. The second kappa shape index (κ2) is 10.5. The number of hydrogen-bond acceptors (Lipinski definition) is 7. The van der Waals surface area contributed by atoms with E-state index in [0.717, 1.165) is 37.4 Å². The van der Waals surface area contributed by atoms with Gasteiger partial charge >= 0.3 is 5.97 Å². The third-order valence-corrected chi connectivity index (χ3v) is 7.97. The topological polar surface area (TPSA) is 77.0 Å². The van der Waals surface area contributed by atoms with Crippen LogP contribution in [0.4, 0.5) is 5.88 Å². The molecule has 0 saturated carbocycles. The second-order valence-electron chi connectivity index (χ2n) is 9.85. The van der Waals surface area contributed by atoms with E-state index >= 15 is 0 Å². The van der Waals surface area contributed by atoms with Gasteiger partial charge in [0.25, 0.3) is 5.56 Å². The van der Waals surface area contributed by atoms with Crippen molar-refractivity contribution in [3.8, 4) is 0 Å². The number of furan rings is 1. The summed E-state index contributed by atoms with van der Waals surface area (Å²) in [6.45, 7) is 10.1. The minimum absolute atomic E-state index is 0.202. The number of carbonyl (C=O) groups excluding carboxylic acids is 1. The summed E-state index contributed by atoms with van der Waals surface area (Å²) in [7, 11) is 0. The molecule has 0 radical (unpaired) electrons. The smallest absolute Gasteiger partial charge is 0.338 e. The van der Waals surface area contributed by atoms with Crippen LogP contribution in [-0.2, 0) is 9.53 Å². The van der Waals surface area contributed by atoms with Crippen molar-refractivity contribution in [2.24, 2.45) is 4.99 Å². The van der Waals surface area contributed by atoms with Gasteiger partial charge in [0.15, 0.2) is 10.7 Å². The van der Waals surface area contributed by atoms with Crippen LogP contribution >= 0.6 is 11.3 Å². The molecule has 0 aliphatic carbocycles. The fourth-order valence-electron chi connectivity index (χ4n) is 5.00. The molecule has 2 aliphatic heterocycles. The van der Waals surface area contributed by atoms with Crippen LogP contribution in [0.3, 0.4) is 0 Å². The van der Waals surface area contributed by atoms with E-state index in [1.54, 1.807) is 24.5 Å². The Kier molecular flexibility index (Phi) is 7.20. The zero-order valence-electron chi connectivity index (χ0n) is 21.8. The van der Waals surface area contributed by atoms with Crippen molar-refractivity contribution in [1.29, 1.82) is 0 Å². The monoisotopic (exact) mass is 519 g/mol. The van der Waals surface area contributed by atoms with Crippen LogP contribution in [0, 0.1) is 0 Å². The lowest BCUT2D eigenvalue weighted by molar-refractivity contribution is -0.139. The van der Waals surface area contributed by atoms with Gasteiger partial charge in [-0.15, -0.1) is 0 Å². The standard InChI is InChI=1S/C29H33N3O4S/c1-5-35-28(34)25-19(4)30-29-32(26(25)21-11-9-20(10-12-21)18(2)3)27(33)23(37-29)17-22-13-14-24(36-22)31-15-7-6-8-16-31/h9-14,17-18,26H,5-8,15-16H2,1-4H3/t26-/m0/s1. The number of rotatable bonds is 6. The molecule has 0 amide bonds. The molecule has 1 atom stereocenters. The summed E-state index contributed by atoms with van der Waals surface area (Å²) in [5.41, 5.74) is 2.79. The molecule has 0 bridgehead atoms. The van der Waals surface area contributed by atoms with E-state index in [1.165, 1.54) is 23.3 Å². The SMILES string of the molecule is CCOC(=O)C1=C(C)N=c2sc(=Cc3ccc(N4CCCCC4)o3)c(=O)n2[C@H]1c1ccc(C(C)C)cc1. The van der Waals surface area contributed by atoms with Crippen molar-refractivity contribution in [3.63, 3.8) is 0 Å². The number of anilines is 1. The molecule has 8 heteroatoms. The van der Waals surface area contributed by atoms with Gasteiger partial charge in [-0.1, -0.05) is 49.4 Å². The van der Waals surface area contributed by atoms with Crippen molar-refractivity contribution in [2.75, 3.05) is 24.6 Å². The molecule has 0 spiro atoms. The predicted molar refractivity (Wildman–Crippen MR) is 146 cm³/mol. The van der Waals surface area contributed by atoms with E-state index < -0.39 is 12.0 Å². The van der Waals surface area contributed by atoms with Gasteiger partial charge in [-0.25, -0.2) is 9.79 Å². The molecular weight excluding hydrogens is 486 g/mol. The van der Waals surface area contributed by atoms with E-state index in [2.05, 4.69) is 35.9 Å². The van der Waals surface area contributed by atoms with Gasteiger partial charge in [-0.3, -0.25) is 9.36 Å². The maximum absolute atomic E-state index is 13.8. The molecule has 0 unspecified atom stereocenters. The van der Waals surface area contributed by atoms with Crippen molar-refractivity contribution in [2.45, 2.75) is 58.9 Å². The highest BCUT2D eigenvalue weighted by molar-refractivity contribution is 7.07. The third-order valence-electron chi connectivity index (χ3n) is 6.99. The average molecular weight is 520 g/mol. The quantitative estimate of drug-likeness (QED) is 0.448. The highest BCUT2D eigenvalue weighted by Gasteiger charge is 2.33. The molecular formula is C29H33N3O4S. The largest absolute Gasteiger partial charge is 0.463 e. The van der Waals surface area contributed by atoms with E-state index in [9.17, 15) is 9.59 Å². The molecule has 2 aromatic heterocycles. The van der Waals surface area contributed by atoms with Gasteiger partial charge in [0.2, 0.25) is 0 Å². The number of thiazole rings is 1. The molecule has 1 saturated heterocycles. The molecule has 37 heavy (non-hydrogen) atoms. The number of esters is 1. The van der Waals surface area contributed by atoms with Gasteiger partial charge in [0, 0.05) is 25.2 Å². The summed E-state index contributed by atoms with van der Waals surface area (Å²) >= 11 is 1.31. The second-order valence-corrected chi connectivity index (χ2v) is 10.9. The van der Waals surface area contributed by atoms with Crippen molar-refractivity contribution >= 4 is 29.3 Å². The maximum Gasteiger partial charge on any atom is 0.338 e. The molecule has 5 rings (SSSR count). The summed E-state index contributed by atoms with van der Waals surface area (Å²) < 4.78 is 13.6. The van der Waals surface area contributed by atoms with E-state index in [4.69, 9.17) is 9.15 Å². The van der Waals surface area contributed by atoms with Crippen LogP contribution in [0.1, 0.15) is 75.8 Å². The number of benzene rings is 1. The molecule has 4 heterocycles. The van der Waals surface area contributed by atoms with Crippen molar-refractivity contribution in [1.82, 2.24) is 4.57 Å². The Labute approximate surface area is 220 Å². The first-order valence-corrected chi connectivity index (χ1v) is 13.8. The lowest BCUT2D eigenvalue weighted by Gasteiger charge is -2.25. The highest BCUT2D eigenvalue weighted by atomic mass is 32.1. The van der Waals surface area contributed by atoms with E-state index in [1.807, 2.05) is 24.3 Å². The Morgan fingerprint density at radius 3 is 2.57 bits per heavy atom. The van der Waals surface area contributed by atoms with Crippen LogP contribution in [0.2, 0.25) is 0 Å². The van der Waals surface area contributed by atoms with Gasteiger partial charge in [-0.05, 0) is 56.2 Å². The highest BCUT2D eigenvalue weighted by Crippen LogP contribution is 2.31. The molecule has 1 fully saturated rings. The minimum Gasteiger partial charge on any atom is -0.463 e. The van der Waals surface area contributed by atoms with Gasteiger partial charge < -0.3 is 14.1 Å². The molecule has 1 aromatic carbocycles.